The summed E-state index contributed by atoms with van der Waals surface area (Å²) in [6.45, 7) is 3.32. The predicted molar refractivity (Wildman–Crippen MR) is 70.5 cm³/mol. The molecule has 1 aromatic carbocycles. The first kappa shape index (κ1) is 13.7. The Morgan fingerprint density at radius 1 is 1.58 bits per heavy atom. The lowest BCUT2D eigenvalue weighted by Gasteiger charge is -2.15. The van der Waals surface area contributed by atoms with Gasteiger partial charge in [-0.05, 0) is 25.5 Å². The Hall–Kier alpha value is -1.75. The molecule has 1 aliphatic rings. The number of benzene rings is 1. The zero-order valence-corrected chi connectivity index (χ0v) is 11.2. The molecule has 0 radical (unpaired) electrons. The minimum absolute atomic E-state index is 0.0763. The molecule has 1 fully saturated rings. The zero-order valence-electron chi connectivity index (χ0n) is 11.2. The molecule has 1 aromatic rings. The molecule has 0 bridgehead atoms. The number of hydrogen-bond donors (Lipinski definition) is 2. The van der Waals surface area contributed by atoms with Gasteiger partial charge in [-0.15, -0.1) is 0 Å². The number of carbonyl (C=O) groups is 1. The monoisotopic (exact) mass is 265 g/mol. The van der Waals surface area contributed by atoms with Crippen molar-refractivity contribution in [1.82, 2.24) is 5.32 Å². The molecule has 2 N–H and O–H groups in total. The topological polar surface area (TPSA) is 67.8 Å². The first-order valence-electron chi connectivity index (χ1n) is 6.38. The van der Waals surface area contributed by atoms with Crippen LogP contribution in [0.15, 0.2) is 18.2 Å². The maximum Gasteiger partial charge on any atom is 0.255 e. The van der Waals surface area contributed by atoms with Gasteiger partial charge in [0.15, 0.2) is 0 Å². The molecule has 5 nitrogen and oxygen atoms in total. The number of nitrogens with one attached hydrogen (secondary N) is 1. The summed E-state index contributed by atoms with van der Waals surface area (Å²) in [5, 5.41) is 12.6. The average molecular weight is 265 g/mol. The first-order valence-corrected chi connectivity index (χ1v) is 6.38. The van der Waals surface area contributed by atoms with Crippen LogP contribution in [-0.4, -0.2) is 37.4 Å². The number of ether oxygens (including phenoxy) is 2. The van der Waals surface area contributed by atoms with E-state index >= 15 is 0 Å². The Morgan fingerprint density at radius 3 is 2.95 bits per heavy atom. The molecule has 5 heteroatoms. The van der Waals surface area contributed by atoms with Crippen LogP contribution in [0.3, 0.4) is 0 Å². The van der Waals surface area contributed by atoms with Gasteiger partial charge in [0.05, 0.1) is 18.8 Å². The number of phenolic OH excluding ortho intramolecular Hbond substituents is 1. The van der Waals surface area contributed by atoms with Crippen LogP contribution >= 0.6 is 0 Å². The Kier molecular flexibility index (Phi) is 4.27. The number of rotatable bonds is 4. The van der Waals surface area contributed by atoms with E-state index in [9.17, 15) is 9.90 Å². The fourth-order valence-electron chi connectivity index (χ4n) is 2.19. The molecule has 0 aromatic heterocycles. The summed E-state index contributed by atoms with van der Waals surface area (Å²) in [6, 6.07) is 4.63. The van der Waals surface area contributed by atoms with Crippen LogP contribution in [0.5, 0.6) is 11.5 Å². The minimum Gasteiger partial charge on any atom is -0.507 e. The second-order valence-corrected chi connectivity index (χ2v) is 4.72. The van der Waals surface area contributed by atoms with Crippen molar-refractivity contribution in [2.45, 2.75) is 19.4 Å². The molecule has 1 amide bonds. The molecule has 0 spiro atoms. The van der Waals surface area contributed by atoms with Gasteiger partial charge in [0.1, 0.15) is 11.5 Å². The lowest BCUT2D eigenvalue weighted by Crippen LogP contribution is -2.31. The number of amides is 1. The fourth-order valence-corrected chi connectivity index (χ4v) is 2.19. The summed E-state index contributed by atoms with van der Waals surface area (Å²) in [6.07, 6.45) is 1.13. The highest BCUT2D eigenvalue weighted by Gasteiger charge is 2.24. The summed E-state index contributed by atoms with van der Waals surface area (Å²) in [4.78, 5) is 12.0. The molecule has 19 heavy (non-hydrogen) atoms. The molecule has 1 heterocycles. The lowest BCUT2D eigenvalue weighted by atomic mass is 10.0. The number of phenols is 1. The number of carbonyl (C=O) groups excluding carboxylic acids is 1. The Bertz CT molecular complexity index is 461. The van der Waals surface area contributed by atoms with Gasteiger partial charge in [0, 0.05) is 25.1 Å². The van der Waals surface area contributed by atoms with Crippen molar-refractivity contribution >= 4 is 5.91 Å². The van der Waals surface area contributed by atoms with Crippen LogP contribution in [0.4, 0.5) is 0 Å². The van der Waals surface area contributed by atoms with E-state index in [1.54, 1.807) is 12.1 Å². The predicted octanol–water partition coefficient (Wildman–Crippen LogP) is 1.56. The van der Waals surface area contributed by atoms with Gasteiger partial charge < -0.3 is 19.9 Å². The number of hydrogen-bond acceptors (Lipinski definition) is 4. The third-order valence-electron chi connectivity index (χ3n) is 3.51. The quantitative estimate of drug-likeness (QED) is 0.867. The number of methoxy groups -OCH3 is 1. The van der Waals surface area contributed by atoms with Gasteiger partial charge in [0.2, 0.25) is 0 Å². The van der Waals surface area contributed by atoms with Crippen LogP contribution in [0.2, 0.25) is 0 Å². The first-order chi connectivity index (χ1) is 9.11. The summed E-state index contributed by atoms with van der Waals surface area (Å²) >= 11 is 0. The third-order valence-corrected chi connectivity index (χ3v) is 3.51. The summed E-state index contributed by atoms with van der Waals surface area (Å²) in [5.74, 6) is 0.503. The molecule has 0 saturated carbocycles. The zero-order chi connectivity index (χ0) is 13.8. The molecular weight excluding hydrogens is 246 g/mol. The van der Waals surface area contributed by atoms with Crippen molar-refractivity contribution in [2.24, 2.45) is 5.92 Å². The van der Waals surface area contributed by atoms with Crippen molar-refractivity contribution in [1.29, 1.82) is 0 Å². The molecule has 0 aliphatic carbocycles. The highest BCUT2D eigenvalue weighted by atomic mass is 16.5. The van der Waals surface area contributed by atoms with Gasteiger partial charge in [-0.2, -0.15) is 0 Å². The van der Waals surface area contributed by atoms with Gasteiger partial charge in [-0.25, -0.2) is 0 Å². The largest absolute Gasteiger partial charge is 0.507 e. The van der Waals surface area contributed by atoms with E-state index in [-0.39, 0.29) is 23.3 Å². The molecule has 1 saturated heterocycles. The molecular formula is C14H19NO4. The van der Waals surface area contributed by atoms with Crippen LogP contribution < -0.4 is 10.1 Å². The van der Waals surface area contributed by atoms with E-state index in [1.807, 2.05) is 6.92 Å². The van der Waals surface area contributed by atoms with Gasteiger partial charge in [-0.3, -0.25) is 4.79 Å². The second-order valence-electron chi connectivity index (χ2n) is 4.72. The van der Waals surface area contributed by atoms with E-state index < -0.39 is 0 Å². The van der Waals surface area contributed by atoms with Crippen LogP contribution in [0.25, 0.3) is 0 Å². The third kappa shape index (κ3) is 3.17. The van der Waals surface area contributed by atoms with Crippen molar-refractivity contribution < 1.29 is 19.4 Å². The maximum atomic E-state index is 12.0. The Balaban J connectivity index is 1.96. The molecule has 2 unspecified atom stereocenters. The smallest absolute Gasteiger partial charge is 0.255 e. The molecule has 1 aliphatic heterocycles. The number of aromatic hydroxyl groups is 1. The van der Waals surface area contributed by atoms with Crippen molar-refractivity contribution in [3.05, 3.63) is 23.8 Å². The van der Waals surface area contributed by atoms with E-state index in [0.29, 0.717) is 18.2 Å². The van der Waals surface area contributed by atoms with E-state index in [1.165, 1.54) is 13.2 Å². The summed E-state index contributed by atoms with van der Waals surface area (Å²) in [7, 11) is 1.51. The maximum absolute atomic E-state index is 12.0. The van der Waals surface area contributed by atoms with Crippen molar-refractivity contribution in [2.75, 3.05) is 20.3 Å². The van der Waals surface area contributed by atoms with Gasteiger partial charge in [0.25, 0.3) is 5.91 Å². The van der Waals surface area contributed by atoms with E-state index in [2.05, 4.69) is 5.32 Å². The second kappa shape index (κ2) is 5.93. The SMILES string of the molecule is COc1ccc(C(=O)NCC2CCOC2C)c(O)c1. The average Bonchev–Trinajstić information content (AvgIpc) is 2.81. The van der Waals surface area contributed by atoms with Crippen LogP contribution in [-0.2, 0) is 4.74 Å². The van der Waals surface area contributed by atoms with Crippen molar-refractivity contribution in [3.63, 3.8) is 0 Å². The van der Waals surface area contributed by atoms with Crippen LogP contribution in [0, 0.1) is 5.92 Å². The highest BCUT2D eigenvalue weighted by molar-refractivity contribution is 5.97. The van der Waals surface area contributed by atoms with Gasteiger partial charge in [-0.1, -0.05) is 0 Å². The minimum atomic E-state index is -0.278. The Morgan fingerprint density at radius 2 is 2.37 bits per heavy atom. The van der Waals surface area contributed by atoms with Gasteiger partial charge >= 0.3 is 0 Å². The molecule has 2 atom stereocenters. The normalized spacial score (nSPS) is 22.2. The Labute approximate surface area is 112 Å². The highest BCUT2D eigenvalue weighted by Crippen LogP contribution is 2.24. The standard InChI is InChI=1S/C14H19NO4/c1-9-10(5-6-19-9)8-15-14(17)12-4-3-11(18-2)7-13(12)16/h3-4,7,9-10,16H,5-6,8H2,1-2H3,(H,15,17). The van der Waals surface area contributed by atoms with E-state index in [0.717, 1.165) is 13.0 Å². The fraction of sp³-hybridized carbons (Fsp3) is 0.500. The lowest BCUT2D eigenvalue weighted by molar-refractivity contribution is 0.0905. The summed E-state index contributed by atoms with van der Waals surface area (Å²) < 4.78 is 10.4. The van der Waals surface area contributed by atoms with Crippen LogP contribution in [0.1, 0.15) is 23.7 Å². The van der Waals surface area contributed by atoms with Crippen molar-refractivity contribution in [3.8, 4) is 11.5 Å². The molecule has 2 rings (SSSR count). The molecule has 104 valence electrons. The summed E-state index contributed by atoms with van der Waals surface area (Å²) in [5.41, 5.74) is 0.257. The van der Waals surface area contributed by atoms with E-state index in [4.69, 9.17) is 9.47 Å².